The number of thiazole rings is 1. The van der Waals surface area contributed by atoms with Gasteiger partial charge in [0.25, 0.3) is 5.91 Å². The van der Waals surface area contributed by atoms with Gasteiger partial charge >= 0.3 is 0 Å². The zero-order chi connectivity index (χ0) is 20.2. The van der Waals surface area contributed by atoms with Crippen LogP contribution in [-0.2, 0) is 16.1 Å². The molecule has 0 bridgehead atoms. The van der Waals surface area contributed by atoms with E-state index in [-0.39, 0.29) is 18.2 Å². The number of primary amides is 1. The second-order valence-electron chi connectivity index (χ2n) is 6.23. The first-order chi connectivity index (χ1) is 14.1. The Morgan fingerprint density at radius 3 is 2.83 bits per heavy atom. The summed E-state index contributed by atoms with van der Waals surface area (Å²) in [5.74, 6) is -0.415. The molecule has 29 heavy (non-hydrogen) atoms. The van der Waals surface area contributed by atoms with Crippen molar-refractivity contribution in [3.8, 4) is 0 Å². The van der Waals surface area contributed by atoms with Crippen LogP contribution in [0.5, 0.6) is 0 Å². The first-order valence-corrected chi connectivity index (χ1v) is 10.6. The lowest BCUT2D eigenvalue weighted by Crippen LogP contribution is -2.19. The average molecular weight is 424 g/mol. The van der Waals surface area contributed by atoms with Gasteiger partial charge in [0.05, 0.1) is 22.2 Å². The third kappa shape index (κ3) is 4.47. The highest BCUT2D eigenvalue weighted by molar-refractivity contribution is 8.01. The van der Waals surface area contributed by atoms with Gasteiger partial charge in [-0.2, -0.15) is 5.10 Å². The lowest BCUT2D eigenvalue weighted by molar-refractivity contribution is -0.119. The first kappa shape index (κ1) is 19.2. The SMILES string of the molecule is NC(=O)Cn1cc(/C=N\NC(=O)CSc2nc3ccccc3s2)c2ccccc21. The number of rotatable bonds is 7. The predicted molar refractivity (Wildman–Crippen MR) is 117 cm³/mol. The largest absolute Gasteiger partial charge is 0.368 e. The normalized spacial score (nSPS) is 11.4. The number of aromatic nitrogens is 2. The number of benzene rings is 2. The fourth-order valence-corrected chi connectivity index (χ4v) is 4.78. The molecule has 4 aromatic rings. The van der Waals surface area contributed by atoms with E-state index in [9.17, 15) is 9.59 Å². The molecule has 2 aromatic heterocycles. The fraction of sp³-hybridized carbons (Fsp3) is 0.100. The van der Waals surface area contributed by atoms with Crippen molar-refractivity contribution < 1.29 is 9.59 Å². The topological polar surface area (TPSA) is 102 Å². The van der Waals surface area contributed by atoms with E-state index >= 15 is 0 Å². The van der Waals surface area contributed by atoms with Crippen molar-refractivity contribution in [1.82, 2.24) is 15.0 Å². The first-order valence-electron chi connectivity index (χ1n) is 8.76. The Kier molecular flexibility index (Phi) is 5.59. The molecular formula is C20H17N5O2S2. The molecule has 146 valence electrons. The van der Waals surface area contributed by atoms with Crippen LogP contribution < -0.4 is 11.2 Å². The van der Waals surface area contributed by atoms with Gasteiger partial charge in [-0.3, -0.25) is 9.59 Å². The second kappa shape index (κ2) is 8.46. The summed E-state index contributed by atoms with van der Waals surface area (Å²) in [5.41, 5.74) is 10.5. The highest BCUT2D eigenvalue weighted by Gasteiger charge is 2.09. The number of nitrogens with one attached hydrogen (secondary N) is 1. The van der Waals surface area contributed by atoms with E-state index in [0.717, 1.165) is 31.0 Å². The molecule has 0 saturated heterocycles. The minimum Gasteiger partial charge on any atom is -0.368 e. The van der Waals surface area contributed by atoms with Crippen molar-refractivity contribution in [2.24, 2.45) is 10.8 Å². The standard InChI is InChI=1S/C20H17N5O2S2/c21-18(26)11-25-10-13(14-5-1-3-7-16(14)25)9-22-24-19(27)12-28-20-23-15-6-2-4-8-17(15)29-20/h1-10H,11-12H2,(H2,21,26)(H,24,27)/b22-9-. The molecule has 0 aliphatic heterocycles. The zero-order valence-electron chi connectivity index (χ0n) is 15.2. The van der Waals surface area contributed by atoms with Crippen LogP contribution in [0.3, 0.4) is 0 Å². The summed E-state index contributed by atoms with van der Waals surface area (Å²) in [4.78, 5) is 27.9. The maximum Gasteiger partial charge on any atom is 0.250 e. The Hall–Kier alpha value is -3.17. The van der Waals surface area contributed by atoms with Crippen LogP contribution in [0.25, 0.3) is 21.1 Å². The van der Waals surface area contributed by atoms with E-state index in [1.54, 1.807) is 28.3 Å². The van der Waals surface area contributed by atoms with Gasteiger partial charge in [0.15, 0.2) is 4.34 Å². The second-order valence-corrected chi connectivity index (χ2v) is 8.48. The molecule has 0 atom stereocenters. The van der Waals surface area contributed by atoms with Gasteiger partial charge in [-0.1, -0.05) is 42.1 Å². The van der Waals surface area contributed by atoms with Crippen LogP contribution in [0.15, 0.2) is 64.2 Å². The number of hydrazone groups is 1. The van der Waals surface area contributed by atoms with Crippen molar-refractivity contribution >= 4 is 62.2 Å². The van der Waals surface area contributed by atoms with Crippen LogP contribution in [0.1, 0.15) is 5.56 Å². The van der Waals surface area contributed by atoms with Crippen molar-refractivity contribution in [1.29, 1.82) is 0 Å². The minimum atomic E-state index is -0.422. The molecule has 0 fully saturated rings. The molecule has 0 radical (unpaired) electrons. The van der Waals surface area contributed by atoms with Crippen LogP contribution in [0.2, 0.25) is 0 Å². The van der Waals surface area contributed by atoms with Gasteiger partial charge in [0, 0.05) is 22.7 Å². The van der Waals surface area contributed by atoms with Crippen molar-refractivity contribution in [2.75, 3.05) is 5.75 Å². The Bertz CT molecular complexity index is 1200. The van der Waals surface area contributed by atoms with Crippen LogP contribution in [0.4, 0.5) is 0 Å². The van der Waals surface area contributed by atoms with Gasteiger partial charge in [-0.15, -0.1) is 11.3 Å². The summed E-state index contributed by atoms with van der Waals surface area (Å²) in [7, 11) is 0. The highest BCUT2D eigenvalue weighted by Crippen LogP contribution is 2.29. The molecule has 2 amide bonds. The quantitative estimate of drug-likeness (QED) is 0.271. The van der Waals surface area contributed by atoms with E-state index in [4.69, 9.17) is 5.73 Å². The third-order valence-electron chi connectivity index (χ3n) is 4.14. The number of fused-ring (bicyclic) bond motifs is 2. The molecule has 0 spiro atoms. The molecule has 3 N–H and O–H groups in total. The van der Waals surface area contributed by atoms with Crippen LogP contribution in [0, 0.1) is 0 Å². The summed E-state index contributed by atoms with van der Waals surface area (Å²) in [6.45, 7) is 0.0829. The smallest absolute Gasteiger partial charge is 0.250 e. The fourth-order valence-electron chi connectivity index (χ4n) is 2.92. The average Bonchev–Trinajstić information content (AvgIpc) is 3.28. The summed E-state index contributed by atoms with van der Waals surface area (Å²) < 4.78 is 3.71. The summed E-state index contributed by atoms with van der Waals surface area (Å²) in [5, 5.41) is 4.98. The number of carbonyl (C=O) groups is 2. The number of hydrogen-bond donors (Lipinski definition) is 2. The van der Waals surface area contributed by atoms with Crippen molar-refractivity contribution in [3.05, 3.63) is 60.3 Å². The van der Waals surface area contributed by atoms with Crippen LogP contribution >= 0.6 is 23.1 Å². The van der Waals surface area contributed by atoms with Gasteiger partial charge in [-0.25, -0.2) is 10.4 Å². The van der Waals surface area contributed by atoms with E-state index < -0.39 is 5.91 Å². The molecule has 7 nitrogen and oxygen atoms in total. The lowest BCUT2D eigenvalue weighted by Gasteiger charge is -2.00. The van der Waals surface area contributed by atoms with Crippen molar-refractivity contribution in [3.63, 3.8) is 0 Å². The number of carbonyl (C=O) groups excluding carboxylic acids is 2. The maximum absolute atomic E-state index is 12.1. The molecular weight excluding hydrogens is 406 g/mol. The van der Waals surface area contributed by atoms with Gasteiger partial charge in [0.1, 0.15) is 6.54 Å². The number of hydrogen-bond acceptors (Lipinski definition) is 6. The Morgan fingerprint density at radius 1 is 1.21 bits per heavy atom. The zero-order valence-corrected chi connectivity index (χ0v) is 16.9. The van der Waals surface area contributed by atoms with E-state index in [1.807, 2.05) is 48.5 Å². The van der Waals surface area contributed by atoms with Crippen LogP contribution in [-0.4, -0.2) is 33.3 Å². The molecule has 9 heteroatoms. The maximum atomic E-state index is 12.1. The van der Waals surface area contributed by atoms with Gasteiger partial charge < -0.3 is 10.3 Å². The van der Waals surface area contributed by atoms with Gasteiger partial charge in [0.2, 0.25) is 5.91 Å². The van der Waals surface area contributed by atoms with Gasteiger partial charge in [-0.05, 0) is 18.2 Å². The summed E-state index contributed by atoms with van der Waals surface area (Å²) in [6, 6.07) is 15.5. The minimum absolute atomic E-state index is 0.0829. The Morgan fingerprint density at radius 2 is 2.00 bits per heavy atom. The molecule has 2 aromatic carbocycles. The molecule has 0 aliphatic carbocycles. The third-order valence-corrected chi connectivity index (χ3v) is 6.32. The van der Waals surface area contributed by atoms with E-state index in [0.29, 0.717) is 0 Å². The number of para-hydroxylation sites is 2. The summed E-state index contributed by atoms with van der Waals surface area (Å²) in [6.07, 6.45) is 3.36. The number of nitrogens with two attached hydrogens (primary N) is 1. The predicted octanol–water partition coefficient (Wildman–Crippen LogP) is 2.98. The number of amides is 2. The monoisotopic (exact) mass is 423 g/mol. The molecule has 0 saturated carbocycles. The Balaban J connectivity index is 1.39. The molecule has 2 heterocycles. The van der Waals surface area contributed by atoms with E-state index in [2.05, 4.69) is 15.5 Å². The lowest BCUT2D eigenvalue weighted by atomic mass is 10.2. The molecule has 0 unspecified atom stereocenters. The Labute approximate surface area is 174 Å². The summed E-state index contributed by atoms with van der Waals surface area (Å²) >= 11 is 2.94. The number of nitrogens with zero attached hydrogens (tertiary/aromatic N) is 3. The molecule has 4 rings (SSSR count). The van der Waals surface area contributed by atoms with E-state index in [1.165, 1.54) is 11.8 Å². The number of thioether (sulfide) groups is 1. The highest BCUT2D eigenvalue weighted by atomic mass is 32.2. The van der Waals surface area contributed by atoms with Crippen molar-refractivity contribution in [2.45, 2.75) is 10.9 Å². The molecule has 0 aliphatic rings.